The number of carboxylic acid groups (broad SMARTS) is 1. The summed E-state index contributed by atoms with van der Waals surface area (Å²) in [5, 5.41) is 9.26. The lowest BCUT2D eigenvalue weighted by atomic mass is 10.2. The van der Waals surface area contributed by atoms with Crippen LogP contribution in [-0.2, 0) is 13.0 Å². The van der Waals surface area contributed by atoms with Crippen molar-refractivity contribution in [3.63, 3.8) is 0 Å². The standard InChI is InChI=1S/C16H18O4S/c1-3-11-8-9-12(21-11)10-20-15-13(16(17)18)6-5-7-14(15)19-4-2/h5-9H,3-4,10H2,1-2H3,(H,17,18). The first-order chi connectivity index (χ1) is 10.2. The maximum absolute atomic E-state index is 11.3. The molecule has 0 aliphatic rings. The molecular weight excluding hydrogens is 288 g/mol. The Hall–Kier alpha value is -2.01. The zero-order chi connectivity index (χ0) is 15.2. The zero-order valence-electron chi connectivity index (χ0n) is 12.1. The number of benzene rings is 1. The lowest BCUT2D eigenvalue weighted by Gasteiger charge is -2.13. The molecule has 0 aliphatic carbocycles. The molecule has 2 rings (SSSR count). The lowest BCUT2D eigenvalue weighted by molar-refractivity contribution is 0.0690. The van der Waals surface area contributed by atoms with E-state index < -0.39 is 5.97 Å². The van der Waals surface area contributed by atoms with Crippen LogP contribution in [0, 0.1) is 0 Å². The number of carboxylic acids is 1. The molecule has 0 amide bonds. The van der Waals surface area contributed by atoms with Crippen LogP contribution in [0.4, 0.5) is 0 Å². The number of hydrogen-bond acceptors (Lipinski definition) is 4. The molecule has 1 N–H and O–H groups in total. The van der Waals surface area contributed by atoms with E-state index in [4.69, 9.17) is 9.47 Å². The maximum Gasteiger partial charge on any atom is 0.339 e. The zero-order valence-corrected chi connectivity index (χ0v) is 12.9. The molecule has 0 unspecified atom stereocenters. The monoisotopic (exact) mass is 306 g/mol. The summed E-state index contributed by atoms with van der Waals surface area (Å²) in [6.07, 6.45) is 0.987. The minimum atomic E-state index is -1.02. The molecule has 2 aromatic rings. The summed E-state index contributed by atoms with van der Waals surface area (Å²) in [6, 6.07) is 8.97. The van der Waals surface area contributed by atoms with E-state index >= 15 is 0 Å². The van der Waals surface area contributed by atoms with Gasteiger partial charge < -0.3 is 14.6 Å². The van der Waals surface area contributed by atoms with Crippen molar-refractivity contribution in [2.45, 2.75) is 26.9 Å². The molecular formula is C16H18O4S. The van der Waals surface area contributed by atoms with E-state index in [2.05, 4.69) is 13.0 Å². The van der Waals surface area contributed by atoms with E-state index in [1.165, 1.54) is 10.9 Å². The summed E-state index contributed by atoms with van der Waals surface area (Å²) < 4.78 is 11.2. The van der Waals surface area contributed by atoms with Crippen molar-refractivity contribution in [1.29, 1.82) is 0 Å². The highest BCUT2D eigenvalue weighted by atomic mass is 32.1. The largest absolute Gasteiger partial charge is 0.490 e. The average Bonchev–Trinajstić information content (AvgIpc) is 2.94. The molecule has 1 aromatic carbocycles. The van der Waals surface area contributed by atoms with Gasteiger partial charge in [0.2, 0.25) is 0 Å². The first kappa shape index (κ1) is 15.4. The van der Waals surface area contributed by atoms with Gasteiger partial charge in [-0.05, 0) is 37.6 Å². The summed E-state index contributed by atoms with van der Waals surface area (Å²) >= 11 is 1.67. The van der Waals surface area contributed by atoms with E-state index in [9.17, 15) is 9.90 Å². The van der Waals surface area contributed by atoms with E-state index in [1.807, 2.05) is 13.0 Å². The van der Waals surface area contributed by atoms with Gasteiger partial charge in [0, 0.05) is 9.75 Å². The second-order valence-electron chi connectivity index (χ2n) is 4.38. The first-order valence-corrected chi connectivity index (χ1v) is 7.66. The summed E-state index contributed by atoms with van der Waals surface area (Å²) in [5.74, 6) is -0.269. The fraction of sp³-hybridized carbons (Fsp3) is 0.312. The molecule has 0 atom stereocenters. The second kappa shape index (κ2) is 7.13. The van der Waals surface area contributed by atoms with Gasteiger partial charge in [0.1, 0.15) is 12.2 Å². The van der Waals surface area contributed by atoms with E-state index in [1.54, 1.807) is 23.5 Å². The number of aromatic carboxylic acids is 1. The Labute approximate surface area is 128 Å². The highest BCUT2D eigenvalue weighted by molar-refractivity contribution is 7.11. The van der Waals surface area contributed by atoms with Gasteiger partial charge in [0.15, 0.2) is 11.5 Å². The van der Waals surface area contributed by atoms with Crippen molar-refractivity contribution >= 4 is 17.3 Å². The number of carbonyl (C=O) groups is 1. The average molecular weight is 306 g/mol. The Morgan fingerprint density at radius 3 is 2.52 bits per heavy atom. The molecule has 112 valence electrons. The van der Waals surface area contributed by atoms with Gasteiger partial charge in [-0.15, -0.1) is 11.3 Å². The molecule has 5 heteroatoms. The third-order valence-electron chi connectivity index (χ3n) is 2.93. The minimum Gasteiger partial charge on any atom is -0.490 e. The number of hydrogen-bond donors (Lipinski definition) is 1. The molecule has 0 radical (unpaired) electrons. The van der Waals surface area contributed by atoms with Crippen molar-refractivity contribution in [2.24, 2.45) is 0 Å². The predicted molar refractivity (Wildman–Crippen MR) is 82.6 cm³/mol. The van der Waals surface area contributed by atoms with Crippen LogP contribution in [0.15, 0.2) is 30.3 Å². The molecule has 21 heavy (non-hydrogen) atoms. The maximum atomic E-state index is 11.3. The molecule has 4 nitrogen and oxygen atoms in total. The fourth-order valence-corrected chi connectivity index (χ4v) is 2.81. The summed E-state index contributed by atoms with van der Waals surface area (Å²) in [7, 11) is 0. The van der Waals surface area contributed by atoms with Crippen LogP contribution >= 0.6 is 11.3 Å². The Balaban J connectivity index is 2.22. The topological polar surface area (TPSA) is 55.8 Å². The van der Waals surface area contributed by atoms with Crippen LogP contribution in [0.2, 0.25) is 0 Å². The third kappa shape index (κ3) is 3.76. The van der Waals surface area contributed by atoms with Crippen LogP contribution in [0.25, 0.3) is 0 Å². The predicted octanol–water partition coefficient (Wildman–Crippen LogP) is 3.99. The van der Waals surface area contributed by atoms with Crippen molar-refractivity contribution < 1.29 is 19.4 Å². The molecule has 0 saturated heterocycles. The highest BCUT2D eigenvalue weighted by Gasteiger charge is 2.17. The Morgan fingerprint density at radius 2 is 1.90 bits per heavy atom. The summed E-state index contributed by atoms with van der Waals surface area (Å²) in [5.41, 5.74) is 0.119. The van der Waals surface area contributed by atoms with Crippen molar-refractivity contribution in [3.8, 4) is 11.5 Å². The van der Waals surface area contributed by atoms with Crippen molar-refractivity contribution in [2.75, 3.05) is 6.61 Å². The number of aryl methyl sites for hydroxylation is 1. The van der Waals surface area contributed by atoms with Gasteiger partial charge in [-0.25, -0.2) is 4.79 Å². The molecule has 0 saturated carbocycles. The van der Waals surface area contributed by atoms with Gasteiger partial charge in [0.25, 0.3) is 0 Å². The molecule has 1 aromatic heterocycles. The van der Waals surface area contributed by atoms with E-state index in [0.29, 0.717) is 24.7 Å². The van der Waals surface area contributed by atoms with Crippen LogP contribution in [0.1, 0.15) is 34.0 Å². The van der Waals surface area contributed by atoms with Crippen LogP contribution in [0.3, 0.4) is 0 Å². The number of rotatable bonds is 7. The smallest absolute Gasteiger partial charge is 0.339 e. The third-order valence-corrected chi connectivity index (χ3v) is 4.14. The molecule has 0 fully saturated rings. The second-order valence-corrected chi connectivity index (χ2v) is 5.63. The first-order valence-electron chi connectivity index (χ1n) is 6.85. The van der Waals surface area contributed by atoms with E-state index in [0.717, 1.165) is 11.3 Å². The van der Waals surface area contributed by atoms with Gasteiger partial charge in [-0.2, -0.15) is 0 Å². The fourth-order valence-electron chi connectivity index (χ4n) is 1.94. The van der Waals surface area contributed by atoms with Crippen LogP contribution in [0.5, 0.6) is 11.5 Å². The van der Waals surface area contributed by atoms with Gasteiger partial charge in [-0.1, -0.05) is 13.0 Å². The normalized spacial score (nSPS) is 10.4. The molecule has 0 bridgehead atoms. The van der Waals surface area contributed by atoms with Gasteiger partial charge in [-0.3, -0.25) is 0 Å². The number of ether oxygens (including phenoxy) is 2. The summed E-state index contributed by atoms with van der Waals surface area (Å²) in [6.45, 7) is 4.75. The van der Waals surface area contributed by atoms with Crippen LogP contribution < -0.4 is 9.47 Å². The van der Waals surface area contributed by atoms with Crippen molar-refractivity contribution in [3.05, 3.63) is 45.6 Å². The highest BCUT2D eigenvalue weighted by Crippen LogP contribution is 2.32. The molecule has 0 aliphatic heterocycles. The van der Waals surface area contributed by atoms with Gasteiger partial charge >= 0.3 is 5.97 Å². The van der Waals surface area contributed by atoms with Crippen molar-refractivity contribution in [1.82, 2.24) is 0 Å². The Kier molecular flexibility index (Phi) is 5.22. The molecule has 1 heterocycles. The Morgan fingerprint density at radius 1 is 1.14 bits per heavy atom. The Bertz CT molecular complexity index is 618. The molecule has 0 spiro atoms. The van der Waals surface area contributed by atoms with Crippen LogP contribution in [-0.4, -0.2) is 17.7 Å². The number of thiophene rings is 1. The SMILES string of the molecule is CCOc1cccc(C(=O)O)c1OCc1ccc(CC)s1. The minimum absolute atomic E-state index is 0.119. The summed E-state index contributed by atoms with van der Waals surface area (Å²) in [4.78, 5) is 13.7. The van der Waals surface area contributed by atoms with E-state index in [-0.39, 0.29) is 5.56 Å². The number of para-hydroxylation sites is 1. The van der Waals surface area contributed by atoms with Gasteiger partial charge in [0.05, 0.1) is 6.61 Å². The lowest BCUT2D eigenvalue weighted by Crippen LogP contribution is -2.05. The quantitative estimate of drug-likeness (QED) is 0.840.